The molecule has 0 spiro atoms. The Morgan fingerprint density at radius 3 is 1.06 bits per heavy atom. The van der Waals surface area contributed by atoms with Gasteiger partial charge in [0, 0.05) is 106 Å². The highest BCUT2D eigenvalue weighted by molar-refractivity contribution is 8.12. The van der Waals surface area contributed by atoms with Crippen LogP contribution in [-0.4, -0.2) is 100 Å². The quantitative estimate of drug-likeness (QED) is 0.0225. The molecule has 4 amide bonds. The predicted octanol–water partition coefficient (Wildman–Crippen LogP) is 12.2. The first-order valence-corrected chi connectivity index (χ1v) is 33.5. The molecule has 0 atom stereocenters. The Balaban J connectivity index is 0.000000149. The maximum Gasteiger partial charge on any atom is 0.350 e. The van der Waals surface area contributed by atoms with Crippen molar-refractivity contribution in [3.63, 3.8) is 0 Å². The molecule has 11 N–H and O–H groups in total. The molecule has 12 aromatic heterocycles. The Morgan fingerprint density at radius 1 is 0.442 bits per heavy atom. The van der Waals surface area contributed by atoms with Gasteiger partial charge in [0.05, 0.1) is 66.2 Å². The van der Waals surface area contributed by atoms with Crippen LogP contribution in [0.25, 0.3) is 84.1 Å². The van der Waals surface area contributed by atoms with E-state index in [1.54, 1.807) is 64.5 Å². The van der Waals surface area contributed by atoms with Gasteiger partial charge >= 0.3 is 21.3 Å². The molecule has 3 aromatic carbocycles. The molecule has 518 valence electrons. The minimum atomic E-state index is -4.00. The number of nitrogens with two attached hydrogens (primary N) is 3. The molecular weight excluding hydrogens is 1380 g/mol. The van der Waals surface area contributed by atoms with Gasteiger partial charge in [0.15, 0.2) is 34.9 Å². The molecule has 12 heterocycles. The lowest BCUT2D eigenvalue weighted by Crippen LogP contribution is -2.19. The molecular formula is C72H60Cl2N24O5S. The van der Waals surface area contributed by atoms with E-state index < -0.39 is 21.3 Å². The average molecular weight is 1440 g/mol. The van der Waals surface area contributed by atoms with Crippen LogP contribution in [0.15, 0.2) is 261 Å². The normalized spacial score (nSPS) is 10.7. The second-order valence-corrected chi connectivity index (χ2v) is 24.2. The third kappa shape index (κ3) is 18.5. The summed E-state index contributed by atoms with van der Waals surface area (Å²) in [5.41, 5.74) is 31.5. The first-order chi connectivity index (χ1) is 50.2. The summed E-state index contributed by atoms with van der Waals surface area (Å²) >= 11 is 0. The van der Waals surface area contributed by atoms with Crippen molar-refractivity contribution in [1.29, 1.82) is 0 Å². The third-order valence-corrected chi connectivity index (χ3v) is 15.5. The highest BCUT2D eigenvalue weighted by Gasteiger charge is 2.20. The molecule has 0 fully saturated rings. The molecule has 0 bridgehead atoms. The molecule has 0 aliphatic rings. The van der Waals surface area contributed by atoms with Crippen LogP contribution in [0.1, 0.15) is 17.1 Å². The lowest BCUT2D eigenvalue weighted by Gasteiger charge is -2.12. The summed E-state index contributed by atoms with van der Waals surface area (Å²) in [6.07, 6.45) is 21.4. The zero-order valence-electron chi connectivity index (χ0n) is 54.5. The number of aromatic nitrogens is 15. The number of halogens is 2. The van der Waals surface area contributed by atoms with Crippen LogP contribution < -0.4 is 43.8 Å². The Hall–Kier alpha value is -13.9. The van der Waals surface area contributed by atoms with E-state index in [2.05, 4.69) is 108 Å². The van der Waals surface area contributed by atoms with Gasteiger partial charge in [0.1, 0.15) is 16.6 Å². The average Bonchev–Trinajstić information content (AvgIpc) is 1.58. The molecule has 29 nitrogen and oxygen atoms in total. The maximum absolute atomic E-state index is 11.2. The van der Waals surface area contributed by atoms with Crippen LogP contribution in [0.4, 0.5) is 44.1 Å². The van der Waals surface area contributed by atoms with Crippen molar-refractivity contribution in [3.05, 3.63) is 273 Å². The van der Waals surface area contributed by atoms with Crippen LogP contribution in [-0.2, 0) is 33.7 Å². The highest BCUT2D eigenvalue weighted by atomic mass is 35.7. The second kappa shape index (κ2) is 33.8. The van der Waals surface area contributed by atoms with Gasteiger partial charge in [-0.05, 0) is 89.5 Å². The lowest BCUT2D eigenvalue weighted by molar-refractivity contribution is 0.258. The summed E-state index contributed by atoms with van der Waals surface area (Å²) in [4.78, 5) is 71.7. The van der Waals surface area contributed by atoms with E-state index in [9.17, 15) is 18.0 Å². The van der Waals surface area contributed by atoms with E-state index in [1.807, 2.05) is 157 Å². The lowest BCUT2D eigenvalue weighted by atomic mass is 10.1. The number of nitrogen functional groups attached to an aromatic ring is 1. The number of nitrogens with zero attached hydrogens (tertiary/aromatic N) is 16. The van der Waals surface area contributed by atoms with Crippen LogP contribution in [0.2, 0.25) is 0 Å². The van der Waals surface area contributed by atoms with E-state index in [0.29, 0.717) is 76.9 Å². The number of primary amides is 2. The smallest absolute Gasteiger partial charge is 0.350 e. The van der Waals surface area contributed by atoms with Gasteiger partial charge in [-0.15, -0.1) is 27.7 Å². The number of hydrogen-bond acceptors (Lipinski definition) is 21. The van der Waals surface area contributed by atoms with Gasteiger partial charge in [0.25, 0.3) is 6.08 Å². The zero-order valence-corrected chi connectivity index (χ0v) is 56.9. The monoisotopic (exact) mass is 1440 g/mol. The number of anilines is 6. The van der Waals surface area contributed by atoms with E-state index in [-0.39, 0.29) is 12.4 Å². The first-order valence-electron chi connectivity index (χ1n) is 31.2. The van der Waals surface area contributed by atoms with Gasteiger partial charge in [-0.3, -0.25) is 29.9 Å². The van der Waals surface area contributed by atoms with Crippen LogP contribution in [0.5, 0.6) is 0 Å². The van der Waals surface area contributed by atoms with Crippen LogP contribution >= 0.6 is 23.1 Å². The number of rotatable bonds is 18. The topological polar surface area (TPSA) is 404 Å². The van der Waals surface area contributed by atoms with Crippen molar-refractivity contribution in [1.82, 2.24) is 73.7 Å². The first kappa shape index (κ1) is 71.4. The van der Waals surface area contributed by atoms with Gasteiger partial charge in [0.2, 0.25) is 0 Å². The Kier molecular flexibility index (Phi) is 23.2. The fourth-order valence-corrected chi connectivity index (χ4v) is 10.7. The Labute approximate surface area is 603 Å². The number of isocyanates is 1. The molecule has 0 saturated heterocycles. The van der Waals surface area contributed by atoms with Crippen molar-refractivity contribution < 1.29 is 22.8 Å². The van der Waals surface area contributed by atoms with E-state index >= 15 is 0 Å². The van der Waals surface area contributed by atoms with E-state index in [4.69, 9.17) is 52.2 Å². The fourth-order valence-electron chi connectivity index (χ4n) is 10.6. The van der Waals surface area contributed by atoms with Crippen LogP contribution in [0, 0.1) is 0 Å². The molecule has 15 rings (SSSR count). The van der Waals surface area contributed by atoms with Gasteiger partial charge in [-0.2, -0.15) is 8.42 Å². The summed E-state index contributed by atoms with van der Waals surface area (Å²) in [5.74, 6) is 3.47. The van der Waals surface area contributed by atoms with Crippen molar-refractivity contribution in [2.75, 3.05) is 32.3 Å². The van der Waals surface area contributed by atoms with Crippen molar-refractivity contribution >= 4 is 102 Å². The maximum atomic E-state index is 11.2. The molecule has 15 aromatic rings. The number of hydrogen-bond donors (Lipinski definition) is 8. The number of nitrogens with one attached hydrogen (secondary N) is 5. The third-order valence-electron chi connectivity index (χ3n) is 15.0. The molecule has 0 radical (unpaired) electrons. The summed E-state index contributed by atoms with van der Waals surface area (Å²) in [5, 5.41) is 29.4. The van der Waals surface area contributed by atoms with Crippen molar-refractivity contribution in [2.45, 2.75) is 19.6 Å². The van der Waals surface area contributed by atoms with Gasteiger partial charge < -0.3 is 43.8 Å². The summed E-state index contributed by atoms with van der Waals surface area (Å²) in [6.45, 7) is 1.53. The number of carbonyl (C=O) groups excluding carboxylic acids is 3. The van der Waals surface area contributed by atoms with Gasteiger partial charge in [-0.25, -0.2) is 42.9 Å². The molecule has 0 aliphatic carbocycles. The minimum absolute atomic E-state index is 0. The summed E-state index contributed by atoms with van der Waals surface area (Å²) in [7, 11) is 0.376. The second-order valence-electron chi connectivity index (χ2n) is 22.0. The number of benzene rings is 3. The predicted molar refractivity (Wildman–Crippen MR) is 401 cm³/mol. The molecule has 32 heteroatoms. The number of fused-ring (bicyclic) bond motifs is 3. The standard InChI is InChI=1S/2C24H20N8O.C23H19N7.CClNO3S.ClH/c2*25-24(33)29-19-12-17(13-26-14-19)22-30-23(28-15-18-8-4-5-10-27-18)21-20(9-11-32(21)31-22)16-6-2-1-3-7-16;24-18-12-17(13-25-14-18)22-28-23(27-15-19-8-4-5-10-26-19)21-20(9-11-30(21)29-22)16-6-2-1-3-7-16;2-7(5,6)3-1-4;/h2*1-14H,15H2,(H3,25,29,33)(H,28,30,31);1-14H,15,24H2,(H,27,28,29);;1H. The molecule has 0 saturated carbocycles. The molecule has 104 heavy (non-hydrogen) atoms. The van der Waals surface area contributed by atoms with Gasteiger partial charge in [-0.1, -0.05) is 114 Å². The number of carbonyl (C=O) groups is 2. The largest absolute Gasteiger partial charge is 0.397 e. The fraction of sp³-hybridized carbons (Fsp3) is 0.0417. The van der Waals surface area contributed by atoms with E-state index in [1.165, 1.54) is 12.4 Å². The SMILES string of the molecule is Cl.NC(=O)Nc1cncc(-c2nc(NCc3ccccn3)c3c(-c4ccccc4)ccn3n2)c1.NC(=O)Nc1cncc(-c2nc(NCc3ccccn3)c3c(-c4ccccc4)ccn3n2)c1.Nc1cncc(-c2nc(NCc3ccccn3)c3c(-c4ccccc4)ccn3n2)c1.O=C=NS(=O)(=O)Cl. The Bertz CT molecular complexity index is 5390. The summed E-state index contributed by atoms with van der Waals surface area (Å²) in [6, 6.07) is 57.8. The molecule has 0 unspecified atom stereocenters. The summed E-state index contributed by atoms with van der Waals surface area (Å²) < 4.78 is 26.7. The van der Waals surface area contributed by atoms with Crippen LogP contribution in [0.3, 0.4) is 0 Å². The van der Waals surface area contributed by atoms with Crippen molar-refractivity contribution in [2.24, 2.45) is 15.9 Å². The number of pyridine rings is 6. The minimum Gasteiger partial charge on any atom is -0.397 e. The number of amides is 4. The number of urea groups is 2. The Morgan fingerprint density at radius 2 is 0.769 bits per heavy atom. The molecule has 0 aliphatic heterocycles. The van der Waals surface area contributed by atoms with E-state index in [0.717, 1.165) is 84.5 Å². The van der Waals surface area contributed by atoms with Crippen molar-refractivity contribution in [3.8, 4) is 67.5 Å². The highest BCUT2D eigenvalue weighted by Crippen LogP contribution is 2.35. The zero-order chi connectivity index (χ0) is 71.5.